The van der Waals surface area contributed by atoms with Crippen LogP contribution in [0, 0.1) is 0 Å². The van der Waals surface area contributed by atoms with Crippen molar-refractivity contribution in [2.45, 2.75) is 19.4 Å². The van der Waals surface area contributed by atoms with Crippen LogP contribution in [0.15, 0.2) is 18.2 Å². The van der Waals surface area contributed by atoms with Gasteiger partial charge < -0.3 is 15.4 Å². The normalized spacial score (nSPS) is 11.1. The molecule has 17 heavy (non-hydrogen) atoms. The fourth-order valence-corrected chi connectivity index (χ4v) is 1.33. The molecule has 0 atom stereocenters. The van der Waals surface area contributed by atoms with Gasteiger partial charge in [0.1, 0.15) is 5.75 Å². The molecule has 1 amide bonds. The van der Waals surface area contributed by atoms with Crippen LogP contribution in [0.4, 0.5) is 5.69 Å². The van der Waals surface area contributed by atoms with Gasteiger partial charge in [0.05, 0.1) is 17.7 Å². The maximum atomic E-state index is 11.9. The van der Waals surface area contributed by atoms with Gasteiger partial charge in [0.2, 0.25) is 5.91 Å². The molecule has 0 saturated heterocycles. The highest BCUT2D eigenvalue weighted by Gasteiger charge is 2.25. The average Bonchev–Trinajstić information content (AvgIpc) is 2.31. The summed E-state index contributed by atoms with van der Waals surface area (Å²) < 4.78 is 5.08. The number of benzene rings is 1. The first-order valence-electron chi connectivity index (χ1n) is 5.24. The first kappa shape index (κ1) is 13.8. The van der Waals surface area contributed by atoms with Crippen LogP contribution in [0.5, 0.6) is 5.75 Å². The summed E-state index contributed by atoms with van der Waals surface area (Å²) in [6, 6.07) is 5.10. The molecule has 4 nitrogen and oxygen atoms in total. The molecule has 94 valence electrons. The van der Waals surface area contributed by atoms with E-state index in [0.29, 0.717) is 16.5 Å². The summed E-state index contributed by atoms with van der Waals surface area (Å²) in [7, 11) is 3.27. The monoisotopic (exact) mass is 256 g/mol. The van der Waals surface area contributed by atoms with Crippen molar-refractivity contribution < 1.29 is 9.53 Å². The molecular formula is C12H17ClN2O2. The van der Waals surface area contributed by atoms with Crippen LogP contribution in [0.1, 0.15) is 13.8 Å². The highest BCUT2D eigenvalue weighted by Crippen LogP contribution is 2.27. The molecule has 2 N–H and O–H groups in total. The molecule has 5 heteroatoms. The maximum absolute atomic E-state index is 11.9. The first-order valence-corrected chi connectivity index (χ1v) is 5.62. The average molecular weight is 257 g/mol. The number of ether oxygens (including phenoxy) is 1. The Morgan fingerprint density at radius 2 is 2.06 bits per heavy atom. The van der Waals surface area contributed by atoms with Gasteiger partial charge in [-0.3, -0.25) is 4.79 Å². The molecule has 0 aromatic heterocycles. The third kappa shape index (κ3) is 3.35. The van der Waals surface area contributed by atoms with Gasteiger partial charge >= 0.3 is 0 Å². The number of nitrogens with one attached hydrogen (secondary N) is 2. The molecule has 0 bridgehead atoms. The van der Waals surface area contributed by atoms with Gasteiger partial charge in [-0.1, -0.05) is 11.6 Å². The number of carbonyl (C=O) groups is 1. The lowest BCUT2D eigenvalue weighted by Crippen LogP contribution is -2.47. The third-order valence-corrected chi connectivity index (χ3v) is 2.91. The number of rotatable bonds is 4. The molecule has 0 aliphatic rings. The minimum absolute atomic E-state index is 0.121. The zero-order valence-electron chi connectivity index (χ0n) is 10.4. The highest BCUT2D eigenvalue weighted by atomic mass is 35.5. The summed E-state index contributed by atoms with van der Waals surface area (Å²) in [6.07, 6.45) is 0. The number of hydrogen-bond acceptors (Lipinski definition) is 3. The molecule has 1 rings (SSSR count). The number of hydrogen-bond donors (Lipinski definition) is 2. The zero-order valence-corrected chi connectivity index (χ0v) is 11.2. The number of likely N-dealkylation sites (N-methyl/N-ethyl adjacent to an activating group) is 1. The van der Waals surface area contributed by atoms with Crippen LogP contribution in [0.2, 0.25) is 5.02 Å². The Morgan fingerprint density at radius 3 is 2.59 bits per heavy atom. The predicted molar refractivity (Wildman–Crippen MR) is 69.8 cm³/mol. The van der Waals surface area contributed by atoms with Gasteiger partial charge in [0.15, 0.2) is 0 Å². The van der Waals surface area contributed by atoms with E-state index >= 15 is 0 Å². The second-order valence-electron chi connectivity index (χ2n) is 4.18. The van der Waals surface area contributed by atoms with Gasteiger partial charge in [-0.2, -0.15) is 0 Å². The summed E-state index contributed by atoms with van der Waals surface area (Å²) in [5, 5.41) is 6.24. The fourth-order valence-electron chi connectivity index (χ4n) is 1.14. The Kier molecular flexibility index (Phi) is 4.37. The third-order valence-electron chi connectivity index (χ3n) is 2.60. The van der Waals surface area contributed by atoms with E-state index in [0.717, 1.165) is 0 Å². The Labute approximate surface area is 106 Å². The molecule has 0 unspecified atom stereocenters. The molecule has 0 aliphatic carbocycles. The van der Waals surface area contributed by atoms with Crippen molar-refractivity contribution in [2.24, 2.45) is 0 Å². The summed E-state index contributed by atoms with van der Waals surface area (Å²) in [6.45, 7) is 3.60. The van der Waals surface area contributed by atoms with E-state index in [1.807, 2.05) is 0 Å². The van der Waals surface area contributed by atoms with E-state index in [4.69, 9.17) is 16.3 Å². The molecular weight excluding hydrogens is 240 g/mol. The fraction of sp³-hybridized carbons (Fsp3) is 0.417. The molecule has 0 aliphatic heterocycles. The summed E-state index contributed by atoms with van der Waals surface area (Å²) in [5.41, 5.74) is 0.0203. The van der Waals surface area contributed by atoms with Gasteiger partial charge in [-0.05, 0) is 33.0 Å². The van der Waals surface area contributed by atoms with Crippen molar-refractivity contribution in [1.29, 1.82) is 0 Å². The Hall–Kier alpha value is -1.26. The largest absolute Gasteiger partial charge is 0.495 e. The van der Waals surface area contributed by atoms with Crippen LogP contribution in [-0.2, 0) is 4.79 Å². The summed E-state index contributed by atoms with van der Waals surface area (Å²) in [5.74, 6) is 0.413. The van der Waals surface area contributed by atoms with Crippen molar-refractivity contribution >= 4 is 23.2 Å². The quantitative estimate of drug-likeness (QED) is 0.869. The Bertz CT molecular complexity index is 419. The lowest BCUT2D eigenvalue weighted by molar-refractivity contribution is -0.121. The smallest absolute Gasteiger partial charge is 0.244 e. The summed E-state index contributed by atoms with van der Waals surface area (Å²) in [4.78, 5) is 11.9. The second kappa shape index (κ2) is 5.38. The molecule has 0 fully saturated rings. The van der Waals surface area contributed by atoms with Crippen molar-refractivity contribution in [3.63, 3.8) is 0 Å². The van der Waals surface area contributed by atoms with Gasteiger partial charge in [0, 0.05) is 11.8 Å². The lowest BCUT2D eigenvalue weighted by Gasteiger charge is -2.22. The summed E-state index contributed by atoms with van der Waals surface area (Å²) >= 11 is 5.90. The molecule has 0 radical (unpaired) electrons. The number of amides is 1. The number of methoxy groups -OCH3 is 1. The highest BCUT2D eigenvalue weighted by molar-refractivity contribution is 6.32. The van der Waals surface area contributed by atoms with Crippen LogP contribution >= 0.6 is 11.6 Å². The van der Waals surface area contributed by atoms with Gasteiger partial charge in [-0.25, -0.2) is 0 Å². The van der Waals surface area contributed by atoms with E-state index in [-0.39, 0.29) is 5.91 Å². The topological polar surface area (TPSA) is 50.4 Å². The maximum Gasteiger partial charge on any atom is 0.244 e. The number of anilines is 1. The second-order valence-corrected chi connectivity index (χ2v) is 4.59. The molecule has 0 saturated carbocycles. The number of halogens is 1. The van der Waals surface area contributed by atoms with Crippen molar-refractivity contribution in [3.8, 4) is 5.75 Å². The molecule has 0 heterocycles. The van der Waals surface area contributed by atoms with E-state index in [1.54, 1.807) is 39.1 Å². The van der Waals surface area contributed by atoms with Crippen LogP contribution < -0.4 is 15.4 Å². The molecule has 0 spiro atoms. The number of carbonyl (C=O) groups excluding carboxylic acids is 1. The first-order chi connectivity index (χ1) is 7.90. The van der Waals surface area contributed by atoms with E-state index in [2.05, 4.69) is 10.6 Å². The van der Waals surface area contributed by atoms with E-state index in [9.17, 15) is 4.79 Å². The van der Waals surface area contributed by atoms with Crippen molar-refractivity contribution in [2.75, 3.05) is 19.5 Å². The molecule has 1 aromatic carbocycles. The molecule has 1 aromatic rings. The minimum atomic E-state index is -0.632. The van der Waals surface area contributed by atoms with Crippen molar-refractivity contribution in [3.05, 3.63) is 23.2 Å². The van der Waals surface area contributed by atoms with Crippen LogP contribution in [0.3, 0.4) is 0 Å². The van der Waals surface area contributed by atoms with Gasteiger partial charge in [-0.15, -0.1) is 0 Å². The standard InChI is InChI=1S/C12H17ClN2O2/c1-12(2,14-3)11(16)15-8-5-6-9(13)10(7-8)17-4/h5-7,14H,1-4H3,(H,15,16). The lowest BCUT2D eigenvalue weighted by atomic mass is 10.1. The van der Waals surface area contributed by atoms with Crippen molar-refractivity contribution in [1.82, 2.24) is 5.32 Å². The van der Waals surface area contributed by atoms with Crippen LogP contribution in [0.25, 0.3) is 0 Å². The predicted octanol–water partition coefficient (Wildman–Crippen LogP) is 2.29. The Morgan fingerprint density at radius 1 is 1.41 bits per heavy atom. The minimum Gasteiger partial charge on any atom is -0.495 e. The van der Waals surface area contributed by atoms with E-state index in [1.165, 1.54) is 7.11 Å². The van der Waals surface area contributed by atoms with Gasteiger partial charge in [0.25, 0.3) is 0 Å². The SMILES string of the molecule is CNC(C)(C)C(=O)Nc1ccc(Cl)c(OC)c1. The van der Waals surface area contributed by atoms with Crippen LogP contribution in [-0.4, -0.2) is 25.6 Å². The Balaban J connectivity index is 2.86. The zero-order chi connectivity index (χ0) is 13.1. The van der Waals surface area contributed by atoms with E-state index < -0.39 is 5.54 Å².